The molecule has 0 spiro atoms. The molecule has 1 atom stereocenters. The Morgan fingerprint density at radius 3 is 2.27 bits per heavy atom. The molecule has 2 aromatic rings. The van der Waals surface area contributed by atoms with Crippen LogP contribution in [0, 0.1) is 5.82 Å². The van der Waals surface area contributed by atoms with E-state index in [4.69, 9.17) is 4.74 Å². The van der Waals surface area contributed by atoms with Crippen LogP contribution >= 0.6 is 0 Å². The van der Waals surface area contributed by atoms with Crippen molar-refractivity contribution in [2.75, 3.05) is 17.2 Å². The van der Waals surface area contributed by atoms with Gasteiger partial charge < -0.3 is 15.4 Å². The molecular weight excluding hydrogens is 283 g/mol. The number of ether oxygens (including phenoxy) is 1. The van der Waals surface area contributed by atoms with Gasteiger partial charge in [-0.3, -0.25) is 4.79 Å². The van der Waals surface area contributed by atoms with Crippen LogP contribution in [0.4, 0.5) is 15.8 Å². The molecular formula is C17H19FN2O2. The van der Waals surface area contributed by atoms with Crippen molar-refractivity contribution in [2.45, 2.75) is 19.9 Å². The van der Waals surface area contributed by atoms with Gasteiger partial charge in [-0.1, -0.05) is 0 Å². The molecule has 22 heavy (non-hydrogen) atoms. The molecule has 116 valence electrons. The number of amides is 1. The van der Waals surface area contributed by atoms with Crippen molar-refractivity contribution < 1.29 is 13.9 Å². The lowest BCUT2D eigenvalue weighted by Gasteiger charge is -2.15. The van der Waals surface area contributed by atoms with Gasteiger partial charge in [0.1, 0.15) is 17.6 Å². The molecule has 0 fully saturated rings. The van der Waals surface area contributed by atoms with Crippen LogP contribution in [0.25, 0.3) is 0 Å². The summed E-state index contributed by atoms with van der Waals surface area (Å²) in [7, 11) is 0. The van der Waals surface area contributed by atoms with Crippen LogP contribution in [0.1, 0.15) is 13.8 Å². The first-order chi connectivity index (χ1) is 10.6. The van der Waals surface area contributed by atoms with Gasteiger partial charge in [-0.15, -0.1) is 0 Å². The molecule has 2 rings (SSSR count). The fourth-order valence-corrected chi connectivity index (χ4v) is 1.91. The second-order valence-electron chi connectivity index (χ2n) is 4.82. The number of carbonyl (C=O) groups excluding carboxylic acids is 1. The van der Waals surface area contributed by atoms with Gasteiger partial charge in [0.25, 0.3) is 0 Å². The monoisotopic (exact) mass is 302 g/mol. The Kier molecular flexibility index (Phi) is 5.36. The third-order valence-corrected chi connectivity index (χ3v) is 3.05. The zero-order chi connectivity index (χ0) is 15.9. The molecule has 0 aliphatic heterocycles. The highest BCUT2D eigenvalue weighted by atomic mass is 19.1. The van der Waals surface area contributed by atoms with Crippen LogP contribution in [0.3, 0.4) is 0 Å². The number of benzene rings is 2. The van der Waals surface area contributed by atoms with Gasteiger partial charge >= 0.3 is 0 Å². The van der Waals surface area contributed by atoms with Gasteiger partial charge in [-0.25, -0.2) is 4.39 Å². The Labute approximate surface area is 129 Å². The predicted molar refractivity (Wildman–Crippen MR) is 85.7 cm³/mol. The van der Waals surface area contributed by atoms with Crippen LogP contribution in [0.5, 0.6) is 5.75 Å². The van der Waals surface area contributed by atoms with Crippen LogP contribution in [-0.4, -0.2) is 18.6 Å². The lowest BCUT2D eigenvalue weighted by Crippen LogP contribution is -2.31. The zero-order valence-corrected chi connectivity index (χ0v) is 12.6. The molecule has 0 aliphatic carbocycles. The second-order valence-corrected chi connectivity index (χ2v) is 4.82. The first kappa shape index (κ1) is 15.8. The average molecular weight is 302 g/mol. The number of carbonyl (C=O) groups is 1. The zero-order valence-electron chi connectivity index (χ0n) is 12.6. The molecule has 1 unspecified atom stereocenters. The Balaban J connectivity index is 1.91. The van der Waals surface area contributed by atoms with Crippen molar-refractivity contribution in [1.82, 2.24) is 0 Å². The molecule has 2 N–H and O–H groups in total. The minimum Gasteiger partial charge on any atom is -0.494 e. The number of halogens is 1. The number of nitrogens with one attached hydrogen (secondary N) is 2. The molecule has 0 heterocycles. The maximum absolute atomic E-state index is 12.8. The minimum absolute atomic E-state index is 0.194. The lowest BCUT2D eigenvalue weighted by atomic mass is 10.2. The van der Waals surface area contributed by atoms with Gasteiger partial charge in [-0.2, -0.15) is 0 Å². The number of anilines is 2. The summed E-state index contributed by atoms with van der Waals surface area (Å²) in [6.45, 7) is 4.30. The molecule has 2 aromatic carbocycles. The van der Waals surface area contributed by atoms with Crippen molar-refractivity contribution >= 4 is 17.3 Å². The quantitative estimate of drug-likeness (QED) is 0.856. The summed E-state index contributed by atoms with van der Waals surface area (Å²) in [6.07, 6.45) is 0. The topological polar surface area (TPSA) is 50.4 Å². The summed E-state index contributed by atoms with van der Waals surface area (Å²) < 4.78 is 18.2. The Morgan fingerprint density at radius 2 is 1.68 bits per heavy atom. The van der Waals surface area contributed by atoms with E-state index in [1.165, 1.54) is 24.3 Å². The highest BCUT2D eigenvalue weighted by Gasteiger charge is 2.12. The number of rotatable bonds is 6. The van der Waals surface area contributed by atoms with Crippen LogP contribution in [0.2, 0.25) is 0 Å². The standard InChI is InChI=1S/C17H19FN2O2/c1-3-22-16-10-8-14(9-11-16)19-12(2)17(21)20-15-6-4-13(18)5-7-15/h4-12,19H,3H2,1-2H3,(H,20,21). The van der Waals surface area contributed by atoms with Crippen molar-refractivity contribution in [1.29, 1.82) is 0 Å². The third kappa shape index (κ3) is 4.48. The van der Waals surface area contributed by atoms with Gasteiger partial charge in [-0.05, 0) is 62.4 Å². The summed E-state index contributed by atoms with van der Waals surface area (Å²) in [5.74, 6) is 0.260. The highest BCUT2D eigenvalue weighted by molar-refractivity contribution is 5.96. The SMILES string of the molecule is CCOc1ccc(NC(C)C(=O)Nc2ccc(F)cc2)cc1. The Hall–Kier alpha value is -2.56. The Morgan fingerprint density at radius 1 is 1.09 bits per heavy atom. The smallest absolute Gasteiger partial charge is 0.246 e. The lowest BCUT2D eigenvalue weighted by molar-refractivity contribution is -0.116. The van der Waals surface area contributed by atoms with E-state index in [9.17, 15) is 9.18 Å². The third-order valence-electron chi connectivity index (χ3n) is 3.05. The summed E-state index contributed by atoms with van der Waals surface area (Å²) in [5, 5.41) is 5.83. The van der Waals surface area contributed by atoms with E-state index in [2.05, 4.69) is 10.6 Å². The van der Waals surface area contributed by atoms with Crippen molar-refractivity contribution in [2.24, 2.45) is 0 Å². The first-order valence-electron chi connectivity index (χ1n) is 7.14. The maximum Gasteiger partial charge on any atom is 0.246 e. The van der Waals surface area contributed by atoms with Gasteiger partial charge in [0.05, 0.1) is 6.61 Å². The van der Waals surface area contributed by atoms with Crippen molar-refractivity contribution in [3.8, 4) is 5.75 Å². The molecule has 5 heteroatoms. The van der Waals surface area contributed by atoms with Crippen LogP contribution < -0.4 is 15.4 Å². The molecule has 4 nitrogen and oxygen atoms in total. The first-order valence-corrected chi connectivity index (χ1v) is 7.14. The summed E-state index contributed by atoms with van der Waals surface area (Å²) in [5.41, 5.74) is 1.39. The van der Waals surface area contributed by atoms with E-state index in [0.29, 0.717) is 12.3 Å². The fraction of sp³-hybridized carbons (Fsp3) is 0.235. The summed E-state index contributed by atoms with van der Waals surface area (Å²) in [6, 6.07) is 12.6. The van der Waals surface area contributed by atoms with E-state index in [0.717, 1.165) is 11.4 Å². The van der Waals surface area contributed by atoms with Crippen LogP contribution in [0.15, 0.2) is 48.5 Å². The Bertz CT molecular complexity index is 612. The average Bonchev–Trinajstić information content (AvgIpc) is 2.51. The van der Waals surface area contributed by atoms with E-state index in [1.54, 1.807) is 6.92 Å². The summed E-state index contributed by atoms with van der Waals surface area (Å²) >= 11 is 0. The highest BCUT2D eigenvalue weighted by Crippen LogP contribution is 2.17. The van der Waals surface area contributed by atoms with Crippen LogP contribution in [-0.2, 0) is 4.79 Å². The molecule has 1 amide bonds. The van der Waals surface area contributed by atoms with Gasteiger partial charge in [0, 0.05) is 11.4 Å². The normalized spacial score (nSPS) is 11.6. The molecule has 0 radical (unpaired) electrons. The largest absolute Gasteiger partial charge is 0.494 e. The molecule has 0 aromatic heterocycles. The fourth-order valence-electron chi connectivity index (χ4n) is 1.91. The summed E-state index contributed by atoms with van der Waals surface area (Å²) in [4.78, 5) is 12.1. The van der Waals surface area contributed by atoms with E-state index in [1.807, 2.05) is 31.2 Å². The van der Waals surface area contributed by atoms with Gasteiger partial charge in [0.2, 0.25) is 5.91 Å². The minimum atomic E-state index is -0.428. The van der Waals surface area contributed by atoms with E-state index in [-0.39, 0.29) is 11.7 Å². The van der Waals surface area contributed by atoms with Crippen molar-refractivity contribution in [3.63, 3.8) is 0 Å². The maximum atomic E-state index is 12.8. The molecule has 0 saturated carbocycles. The predicted octanol–water partition coefficient (Wildman–Crippen LogP) is 3.66. The molecule has 0 bridgehead atoms. The van der Waals surface area contributed by atoms with E-state index < -0.39 is 6.04 Å². The second kappa shape index (κ2) is 7.45. The van der Waals surface area contributed by atoms with Crippen molar-refractivity contribution in [3.05, 3.63) is 54.3 Å². The van der Waals surface area contributed by atoms with Gasteiger partial charge in [0.15, 0.2) is 0 Å². The molecule has 0 saturated heterocycles. The number of hydrogen-bond acceptors (Lipinski definition) is 3. The number of hydrogen-bond donors (Lipinski definition) is 2. The van der Waals surface area contributed by atoms with E-state index >= 15 is 0 Å². The molecule has 0 aliphatic rings.